The number of carbonyl (C=O) groups is 2. The van der Waals surface area contributed by atoms with E-state index in [0.29, 0.717) is 27.3 Å². The van der Waals surface area contributed by atoms with Crippen molar-refractivity contribution in [3.8, 4) is 10.6 Å². The first-order valence-corrected chi connectivity index (χ1v) is 10.4. The Kier molecular flexibility index (Phi) is 5.85. The summed E-state index contributed by atoms with van der Waals surface area (Å²) in [5, 5.41) is 1.23. The van der Waals surface area contributed by atoms with Crippen LogP contribution in [-0.2, 0) is 11.2 Å². The molecule has 156 valence electrons. The number of H-pyrrole nitrogens is 1. The first-order valence-electron chi connectivity index (χ1n) is 9.61. The van der Waals surface area contributed by atoms with Gasteiger partial charge in [-0.2, -0.15) is 0 Å². The Morgan fingerprint density at radius 1 is 1.00 bits per heavy atom. The number of benzene rings is 2. The molecule has 8 nitrogen and oxygen atoms in total. The van der Waals surface area contributed by atoms with Crippen molar-refractivity contribution in [3.05, 3.63) is 81.3 Å². The summed E-state index contributed by atoms with van der Waals surface area (Å²) in [5.41, 5.74) is 6.67. The van der Waals surface area contributed by atoms with Gasteiger partial charge >= 0.3 is 0 Å². The Balaban J connectivity index is 1.34. The molecule has 0 fully saturated rings. The number of carbonyl (C=O) groups excluding carboxylic acids is 2. The minimum Gasteiger partial charge on any atom is -0.310 e. The molecule has 0 aliphatic rings. The van der Waals surface area contributed by atoms with Crippen molar-refractivity contribution in [2.75, 3.05) is 0 Å². The van der Waals surface area contributed by atoms with Gasteiger partial charge in [-0.25, -0.2) is 9.97 Å². The van der Waals surface area contributed by atoms with E-state index < -0.39 is 11.8 Å². The van der Waals surface area contributed by atoms with Crippen LogP contribution in [-0.4, -0.2) is 26.8 Å². The average molecular weight is 433 g/mol. The largest absolute Gasteiger partial charge is 0.310 e. The molecule has 0 atom stereocenters. The molecule has 0 spiro atoms. The van der Waals surface area contributed by atoms with Crippen molar-refractivity contribution in [1.29, 1.82) is 0 Å². The van der Waals surface area contributed by atoms with Crippen molar-refractivity contribution in [2.24, 2.45) is 0 Å². The quantitative estimate of drug-likeness (QED) is 0.419. The predicted molar refractivity (Wildman–Crippen MR) is 119 cm³/mol. The maximum absolute atomic E-state index is 12.5. The van der Waals surface area contributed by atoms with E-state index >= 15 is 0 Å². The van der Waals surface area contributed by atoms with Gasteiger partial charge in [0.15, 0.2) is 0 Å². The molecule has 3 N–H and O–H groups in total. The zero-order chi connectivity index (χ0) is 21.8. The van der Waals surface area contributed by atoms with Gasteiger partial charge < -0.3 is 4.98 Å². The lowest BCUT2D eigenvalue weighted by molar-refractivity contribution is -0.121. The topological polar surface area (TPSA) is 117 Å². The number of aromatic amines is 1. The summed E-state index contributed by atoms with van der Waals surface area (Å²) < 4.78 is 0. The third kappa shape index (κ3) is 4.67. The fourth-order valence-corrected chi connectivity index (χ4v) is 4.01. The normalized spacial score (nSPS) is 10.7. The van der Waals surface area contributed by atoms with Crippen molar-refractivity contribution < 1.29 is 9.59 Å². The van der Waals surface area contributed by atoms with Crippen LogP contribution in [0.5, 0.6) is 0 Å². The van der Waals surface area contributed by atoms with Gasteiger partial charge in [0.25, 0.3) is 11.5 Å². The highest BCUT2D eigenvalue weighted by molar-refractivity contribution is 7.17. The van der Waals surface area contributed by atoms with E-state index in [2.05, 4.69) is 25.8 Å². The minimum atomic E-state index is -0.428. The first-order chi connectivity index (χ1) is 15.0. The maximum Gasteiger partial charge on any atom is 0.281 e. The lowest BCUT2D eigenvalue weighted by Gasteiger charge is -2.07. The Morgan fingerprint density at radius 2 is 1.74 bits per heavy atom. The number of aryl methyl sites for hydroxylation is 2. The minimum absolute atomic E-state index is 0.0541. The molecule has 4 aromatic rings. The fourth-order valence-electron chi connectivity index (χ4n) is 3.04. The summed E-state index contributed by atoms with van der Waals surface area (Å²) in [5.74, 6) is -0.409. The molecule has 0 bridgehead atoms. The van der Waals surface area contributed by atoms with E-state index in [9.17, 15) is 14.4 Å². The van der Waals surface area contributed by atoms with Gasteiger partial charge in [0.05, 0.1) is 16.6 Å². The van der Waals surface area contributed by atoms with Crippen LogP contribution in [0.4, 0.5) is 0 Å². The lowest BCUT2D eigenvalue weighted by Crippen LogP contribution is -2.41. The smallest absolute Gasteiger partial charge is 0.281 e. The Hall–Kier alpha value is -3.85. The molecule has 2 aromatic heterocycles. The molecule has 31 heavy (non-hydrogen) atoms. The highest BCUT2D eigenvalue weighted by atomic mass is 32.1. The number of amides is 2. The second-order valence-electron chi connectivity index (χ2n) is 6.83. The number of thiazole rings is 1. The maximum atomic E-state index is 12.5. The van der Waals surface area contributed by atoms with E-state index in [1.807, 2.05) is 30.3 Å². The summed E-state index contributed by atoms with van der Waals surface area (Å²) in [6, 6.07) is 16.6. The van der Waals surface area contributed by atoms with Crippen LogP contribution >= 0.6 is 11.3 Å². The molecular formula is C22H19N5O3S. The van der Waals surface area contributed by atoms with Crippen LogP contribution in [0.2, 0.25) is 0 Å². The van der Waals surface area contributed by atoms with Crippen LogP contribution in [0.25, 0.3) is 21.5 Å². The average Bonchev–Trinajstić information content (AvgIpc) is 3.18. The second-order valence-corrected chi connectivity index (χ2v) is 7.83. The lowest BCUT2D eigenvalue weighted by atomic mass is 10.2. The van der Waals surface area contributed by atoms with Gasteiger partial charge in [0.2, 0.25) is 5.91 Å². The third-order valence-electron chi connectivity index (χ3n) is 4.59. The molecule has 0 aliphatic carbocycles. The molecule has 0 saturated heterocycles. The van der Waals surface area contributed by atoms with Crippen LogP contribution in [0.15, 0.2) is 59.4 Å². The van der Waals surface area contributed by atoms with Gasteiger partial charge in [0.1, 0.15) is 15.7 Å². The fraction of sp³-hybridized carbons (Fsp3) is 0.136. The highest BCUT2D eigenvalue weighted by Gasteiger charge is 2.17. The van der Waals surface area contributed by atoms with E-state index in [1.165, 1.54) is 11.3 Å². The first kappa shape index (κ1) is 20.4. The summed E-state index contributed by atoms with van der Waals surface area (Å²) in [4.78, 5) is 48.6. The SMILES string of the molecule is Cc1nc(-c2ccccc2)sc1C(=O)NNC(=O)CCc1nc2ccccc2c(=O)[nH]1. The predicted octanol–water partition coefficient (Wildman–Crippen LogP) is 2.75. The monoisotopic (exact) mass is 433 g/mol. The van der Waals surface area contributed by atoms with Gasteiger partial charge in [0, 0.05) is 18.4 Å². The summed E-state index contributed by atoms with van der Waals surface area (Å²) in [7, 11) is 0. The van der Waals surface area contributed by atoms with Crippen LogP contribution < -0.4 is 16.4 Å². The number of hydrogen-bond donors (Lipinski definition) is 3. The third-order valence-corrected chi connectivity index (χ3v) is 5.80. The number of fused-ring (bicyclic) bond motifs is 1. The molecule has 0 saturated carbocycles. The van der Waals surface area contributed by atoms with Crippen LogP contribution in [0.1, 0.15) is 27.6 Å². The number of nitrogens with one attached hydrogen (secondary N) is 3. The molecule has 9 heteroatoms. The summed E-state index contributed by atoms with van der Waals surface area (Å²) in [6.07, 6.45) is 0.290. The number of para-hydroxylation sites is 1. The number of rotatable bonds is 5. The molecule has 0 aliphatic heterocycles. The molecule has 0 radical (unpaired) electrons. The zero-order valence-electron chi connectivity index (χ0n) is 16.6. The molecule has 2 aromatic carbocycles. The van der Waals surface area contributed by atoms with E-state index in [-0.39, 0.29) is 18.4 Å². The Labute approximate surface area is 181 Å². The molecule has 4 rings (SSSR count). The zero-order valence-corrected chi connectivity index (χ0v) is 17.5. The highest BCUT2D eigenvalue weighted by Crippen LogP contribution is 2.27. The number of hydrogen-bond acceptors (Lipinski definition) is 6. The van der Waals surface area contributed by atoms with Crippen molar-refractivity contribution in [3.63, 3.8) is 0 Å². The Morgan fingerprint density at radius 3 is 2.55 bits per heavy atom. The van der Waals surface area contributed by atoms with E-state index in [4.69, 9.17) is 0 Å². The van der Waals surface area contributed by atoms with E-state index in [1.54, 1.807) is 31.2 Å². The number of nitrogens with zero attached hydrogens (tertiary/aromatic N) is 2. The molecular weight excluding hydrogens is 414 g/mol. The standard InChI is InChI=1S/C22H19N5O3S/c1-13-19(31-22(23-13)14-7-3-2-4-8-14)21(30)27-26-18(28)12-11-17-24-16-10-6-5-9-15(16)20(29)25-17/h2-10H,11-12H2,1H3,(H,26,28)(H,27,30)(H,24,25,29). The van der Waals surface area contributed by atoms with Gasteiger partial charge in [-0.3, -0.25) is 25.2 Å². The molecule has 2 heterocycles. The molecule has 0 unspecified atom stereocenters. The Bertz CT molecular complexity index is 1310. The summed E-state index contributed by atoms with van der Waals surface area (Å²) in [6.45, 7) is 1.75. The van der Waals surface area contributed by atoms with Crippen molar-refractivity contribution in [2.45, 2.75) is 19.8 Å². The van der Waals surface area contributed by atoms with E-state index in [0.717, 1.165) is 10.6 Å². The second kappa shape index (κ2) is 8.88. The van der Waals surface area contributed by atoms with Crippen molar-refractivity contribution >= 4 is 34.1 Å². The summed E-state index contributed by atoms with van der Waals surface area (Å²) >= 11 is 1.26. The number of aromatic nitrogens is 3. The van der Waals surface area contributed by atoms with Crippen molar-refractivity contribution in [1.82, 2.24) is 25.8 Å². The van der Waals surface area contributed by atoms with Gasteiger partial charge in [-0.15, -0.1) is 11.3 Å². The number of hydrazine groups is 1. The van der Waals surface area contributed by atoms with Gasteiger partial charge in [-0.1, -0.05) is 42.5 Å². The molecule has 2 amide bonds. The van der Waals surface area contributed by atoms with Crippen LogP contribution in [0.3, 0.4) is 0 Å². The van der Waals surface area contributed by atoms with Gasteiger partial charge in [-0.05, 0) is 19.1 Å². The van der Waals surface area contributed by atoms with Crippen LogP contribution in [0, 0.1) is 6.92 Å².